The minimum Gasteiger partial charge on any atom is -0.497 e. The summed E-state index contributed by atoms with van der Waals surface area (Å²) in [6.45, 7) is 8.12. The van der Waals surface area contributed by atoms with Crippen LogP contribution in [0.5, 0.6) is 17.4 Å². The van der Waals surface area contributed by atoms with E-state index in [0.717, 1.165) is 28.4 Å². The molecule has 146 valence electrons. The maximum Gasteiger partial charge on any atom is 0.214 e. The third-order valence-electron chi connectivity index (χ3n) is 4.37. The highest BCUT2D eigenvalue weighted by molar-refractivity contribution is 5.62. The molecule has 0 spiro atoms. The third kappa shape index (κ3) is 5.61. The number of methoxy groups -OCH3 is 2. The quantitative estimate of drug-likeness (QED) is 0.503. The van der Waals surface area contributed by atoms with Crippen LogP contribution in [0.2, 0.25) is 0 Å². The van der Waals surface area contributed by atoms with Crippen molar-refractivity contribution in [1.29, 1.82) is 0 Å². The fraction of sp³-hybridized carbons (Fsp3) is 0.429. The van der Waals surface area contributed by atoms with Gasteiger partial charge in [-0.3, -0.25) is 0 Å². The molecule has 0 radical (unpaired) electrons. The maximum atomic E-state index is 6.01. The number of aliphatic imine (C=N–C) groups is 1. The van der Waals surface area contributed by atoms with Gasteiger partial charge in [0.1, 0.15) is 17.6 Å². The second-order valence-corrected chi connectivity index (χ2v) is 6.66. The van der Waals surface area contributed by atoms with Crippen molar-refractivity contribution in [2.24, 2.45) is 4.99 Å². The molecule has 0 N–H and O–H groups in total. The molecular weight excluding hydrogens is 342 g/mol. The Morgan fingerprint density at radius 2 is 1.67 bits per heavy atom. The maximum absolute atomic E-state index is 6.01. The van der Waals surface area contributed by atoms with E-state index < -0.39 is 0 Å². The van der Waals surface area contributed by atoms with Crippen molar-refractivity contribution < 1.29 is 14.2 Å². The summed E-state index contributed by atoms with van der Waals surface area (Å²) >= 11 is 0. The zero-order chi connectivity index (χ0) is 20.0. The van der Waals surface area contributed by atoms with Gasteiger partial charge in [0.05, 0.1) is 31.9 Å². The number of benzene rings is 1. The number of aryl methyl sites for hydroxylation is 1. The molecule has 0 fully saturated rings. The van der Waals surface area contributed by atoms with E-state index in [4.69, 9.17) is 14.2 Å². The zero-order valence-corrected chi connectivity index (χ0v) is 17.2. The standard InChI is InChI=1S/C21H29N3O3/c1-14(2)24(5)13-22-20-8-9-21(23-15(20)3)27-16(4)17-10-18(25-6)12-19(11-17)26-7/h8-14,16H,1-7H3/b22-13+. The van der Waals surface area contributed by atoms with Gasteiger partial charge in [-0.1, -0.05) is 0 Å². The van der Waals surface area contributed by atoms with Gasteiger partial charge in [0.25, 0.3) is 0 Å². The molecule has 1 unspecified atom stereocenters. The summed E-state index contributed by atoms with van der Waals surface area (Å²) in [5.74, 6) is 2.00. The molecule has 0 saturated heterocycles. The number of ether oxygens (including phenoxy) is 3. The molecule has 1 heterocycles. The molecule has 1 aromatic heterocycles. The van der Waals surface area contributed by atoms with Crippen LogP contribution in [-0.4, -0.2) is 43.5 Å². The third-order valence-corrected chi connectivity index (χ3v) is 4.37. The van der Waals surface area contributed by atoms with Gasteiger partial charge < -0.3 is 19.1 Å². The lowest BCUT2D eigenvalue weighted by molar-refractivity contribution is 0.216. The highest BCUT2D eigenvalue weighted by Crippen LogP contribution is 2.29. The Balaban J connectivity index is 2.15. The first kappa shape index (κ1) is 20.6. The van der Waals surface area contributed by atoms with E-state index in [0.29, 0.717) is 11.9 Å². The Labute approximate surface area is 161 Å². The van der Waals surface area contributed by atoms with E-state index in [1.807, 2.05) is 62.5 Å². The van der Waals surface area contributed by atoms with Crippen LogP contribution in [0.3, 0.4) is 0 Å². The molecule has 27 heavy (non-hydrogen) atoms. The van der Waals surface area contributed by atoms with Crippen LogP contribution < -0.4 is 14.2 Å². The summed E-state index contributed by atoms with van der Waals surface area (Å²) in [5, 5.41) is 0. The number of hydrogen-bond acceptors (Lipinski definition) is 5. The molecule has 6 heteroatoms. The Morgan fingerprint density at radius 1 is 1.04 bits per heavy atom. The van der Waals surface area contributed by atoms with Crippen LogP contribution in [0.25, 0.3) is 0 Å². The molecule has 6 nitrogen and oxygen atoms in total. The first-order valence-corrected chi connectivity index (χ1v) is 8.97. The van der Waals surface area contributed by atoms with Crippen molar-refractivity contribution in [2.45, 2.75) is 39.8 Å². The van der Waals surface area contributed by atoms with Gasteiger partial charge in [-0.2, -0.15) is 0 Å². The Bertz CT molecular complexity index is 768. The largest absolute Gasteiger partial charge is 0.497 e. The smallest absolute Gasteiger partial charge is 0.214 e. The van der Waals surface area contributed by atoms with Crippen molar-refractivity contribution in [3.8, 4) is 17.4 Å². The van der Waals surface area contributed by atoms with E-state index in [1.54, 1.807) is 14.2 Å². The first-order chi connectivity index (χ1) is 12.8. The van der Waals surface area contributed by atoms with Gasteiger partial charge in [0, 0.05) is 25.2 Å². The van der Waals surface area contributed by atoms with Crippen molar-refractivity contribution >= 4 is 12.0 Å². The van der Waals surface area contributed by atoms with Gasteiger partial charge in [-0.25, -0.2) is 9.98 Å². The first-order valence-electron chi connectivity index (χ1n) is 8.97. The van der Waals surface area contributed by atoms with E-state index in [1.165, 1.54) is 0 Å². The molecule has 0 aliphatic carbocycles. The van der Waals surface area contributed by atoms with Gasteiger partial charge >= 0.3 is 0 Å². The molecule has 1 atom stereocenters. The predicted octanol–water partition coefficient (Wildman–Crippen LogP) is 4.55. The molecule has 2 rings (SSSR count). The summed E-state index contributed by atoms with van der Waals surface area (Å²) in [4.78, 5) is 11.1. The van der Waals surface area contributed by atoms with Gasteiger partial charge in [0.15, 0.2) is 0 Å². The molecule has 1 aromatic carbocycles. The highest BCUT2D eigenvalue weighted by Gasteiger charge is 2.12. The number of aromatic nitrogens is 1. The van der Waals surface area contributed by atoms with Crippen LogP contribution in [0.4, 0.5) is 5.69 Å². The SMILES string of the molecule is COc1cc(OC)cc(C(C)Oc2ccc(/N=C/N(C)C(C)C)c(C)n2)c1. The van der Waals surface area contributed by atoms with Crippen LogP contribution in [0.15, 0.2) is 35.3 Å². The number of hydrogen-bond donors (Lipinski definition) is 0. The second-order valence-electron chi connectivity index (χ2n) is 6.66. The Morgan fingerprint density at radius 3 is 2.19 bits per heavy atom. The van der Waals surface area contributed by atoms with Gasteiger partial charge in [0.2, 0.25) is 5.88 Å². The van der Waals surface area contributed by atoms with Gasteiger partial charge in [-0.15, -0.1) is 0 Å². The zero-order valence-electron chi connectivity index (χ0n) is 17.2. The summed E-state index contributed by atoms with van der Waals surface area (Å²) in [6, 6.07) is 9.84. The minimum absolute atomic E-state index is 0.206. The number of rotatable bonds is 8. The molecule has 0 saturated carbocycles. The topological polar surface area (TPSA) is 56.2 Å². The Kier molecular flexibility index (Phi) is 7.05. The normalized spacial score (nSPS) is 12.3. The molecular formula is C21H29N3O3. The van der Waals surface area contributed by atoms with E-state index in [2.05, 4.69) is 23.8 Å². The van der Waals surface area contributed by atoms with E-state index >= 15 is 0 Å². The fourth-order valence-corrected chi connectivity index (χ4v) is 2.33. The Hall–Kier alpha value is -2.76. The lowest BCUT2D eigenvalue weighted by Crippen LogP contribution is -2.24. The average molecular weight is 371 g/mol. The summed E-state index contributed by atoms with van der Waals surface area (Å²) in [6.07, 6.45) is 1.61. The summed E-state index contributed by atoms with van der Waals surface area (Å²) in [5.41, 5.74) is 2.59. The van der Waals surface area contributed by atoms with Crippen LogP contribution in [0, 0.1) is 6.92 Å². The predicted molar refractivity (Wildman–Crippen MR) is 109 cm³/mol. The molecule has 0 amide bonds. The monoisotopic (exact) mass is 371 g/mol. The fourth-order valence-electron chi connectivity index (χ4n) is 2.33. The lowest BCUT2D eigenvalue weighted by atomic mass is 10.1. The summed E-state index contributed by atoms with van der Waals surface area (Å²) in [7, 11) is 5.26. The van der Waals surface area contributed by atoms with Crippen molar-refractivity contribution in [2.75, 3.05) is 21.3 Å². The minimum atomic E-state index is -0.206. The number of nitrogens with zero attached hydrogens (tertiary/aromatic N) is 3. The van der Waals surface area contributed by atoms with Crippen molar-refractivity contribution in [3.63, 3.8) is 0 Å². The summed E-state index contributed by atoms with van der Waals surface area (Å²) < 4.78 is 16.7. The van der Waals surface area contributed by atoms with E-state index in [-0.39, 0.29) is 6.10 Å². The molecule has 2 aromatic rings. The van der Waals surface area contributed by atoms with E-state index in [9.17, 15) is 0 Å². The molecule has 0 bridgehead atoms. The van der Waals surface area contributed by atoms with Gasteiger partial charge in [-0.05, 0) is 51.5 Å². The average Bonchev–Trinajstić information content (AvgIpc) is 2.66. The molecule has 0 aliphatic heterocycles. The van der Waals surface area contributed by atoms with Crippen LogP contribution in [0.1, 0.15) is 38.1 Å². The lowest BCUT2D eigenvalue weighted by Gasteiger charge is -2.18. The van der Waals surface area contributed by atoms with Crippen LogP contribution in [-0.2, 0) is 0 Å². The molecule has 0 aliphatic rings. The number of pyridine rings is 1. The second kappa shape index (κ2) is 9.26. The highest BCUT2D eigenvalue weighted by atomic mass is 16.5. The van der Waals surface area contributed by atoms with Crippen molar-refractivity contribution in [3.05, 3.63) is 41.6 Å². The van der Waals surface area contributed by atoms with Crippen molar-refractivity contribution in [1.82, 2.24) is 9.88 Å². The van der Waals surface area contributed by atoms with Crippen LogP contribution >= 0.6 is 0 Å².